The quantitative estimate of drug-likeness (QED) is 0.864. The highest BCUT2D eigenvalue weighted by Crippen LogP contribution is 2.37. The van der Waals surface area contributed by atoms with Crippen molar-refractivity contribution in [3.8, 4) is 0 Å². The first-order chi connectivity index (χ1) is 9.97. The van der Waals surface area contributed by atoms with Crippen LogP contribution >= 0.6 is 0 Å². The summed E-state index contributed by atoms with van der Waals surface area (Å²) >= 11 is 0. The van der Waals surface area contributed by atoms with E-state index < -0.39 is 5.97 Å². The number of carboxylic acid groups (broad SMARTS) is 1. The molecular weight excluding hydrogens is 268 g/mol. The Morgan fingerprint density at radius 2 is 1.86 bits per heavy atom. The highest BCUT2D eigenvalue weighted by atomic mass is 16.5. The molecular formula is C17H22O4. The van der Waals surface area contributed by atoms with Crippen molar-refractivity contribution >= 4 is 17.5 Å². The van der Waals surface area contributed by atoms with E-state index in [0.717, 1.165) is 16.7 Å². The van der Waals surface area contributed by atoms with Crippen LogP contribution in [0.5, 0.6) is 0 Å². The molecule has 4 heteroatoms. The molecule has 0 heterocycles. The van der Waals surface area contributed by atoms with Gasteiger partial charge in [-0.3, -0.25) is 0 Å². The molecule has 1 aromatic rings. The molecule has 0 fully saturated rings. The van der Waals surface area contributed by atoms with Crippen molar-refractivity contribution < 1.29 is 19.4 Å². The van der Waals surface area contributed by atoms with Gasteiger partial charge in [0.05, 0.1) is 12.2 Å². The zero-order valence-electron chi connectivity index (χ0n) is 13.2. The summed E-state index contributed by atoms with van der Waals surface area (Å²) in [5.74, 6) is -1.33. The third kappa shape index (κ3) is 3.15. The van der Waals surface area contributed by atoms with Crippen molar-refractivity contribution in [2.45, 2.75) is 41.0 Å². The second kappa shape index (κ2) is 7.07. The molecule has 0 spiro atoms. The van der Waals surface area contributed by atoms with E-state index in [1.165, 1.54) is 0 Å². The average Bonchev–Trinajstić information content (AvgIpc) is 2.81. The number of allylic oxidation sites excluding steroid dienone is 1. The van der Waals surface area contributed by atoms with Gasteiger partial charge >= 0.3 is 11.9 Å². The van der Waals surface area contributed by atoms with Gasteiger partial charge in [0.15, 0.2) is 0 Å². The van der Waals surface area contributed by atoms with Crippen LogP contribution in [0.15, 0.2) is 17.7 Å². The maximum atomic E-state index is 11.9. The minimum absolute atomic E-state index is 0.248. The summed E-state index contributed by atoms with van der Waals surface area (Å²) < 4.78 is 5.02. The van der Waals surface area contributed by atoms with Gasteiger partial charge in [-0.1, -0.05) is 19.9 Å². The van der Waals surface area contributed by atoms with Crippen LogP contribution in [0.2, 0.25) is 0 Å². The fraction of sp³-hybridized carbons (Fsp3) is 0.412. The van der Waals surface area contributed by atoms with Gasteiger partial charge in [0.2, 0.25) is 0 Å². The van der Waals surface area contributed by atoms with Crippen LogP contribution < -0.4 is 0 Å². The minimum Gasteiger partial charge on any atom is -0.478 e. The van der Waals surface area contributed by atoms with Crippen LogP contribution in [-0.4, -0.2) is 23.7 Å². The van der Waals surface area contributed by atoms with Gasteiger partial charge in [0, 0.05) is 12.0 Å². The van der Waals surface area contributed by atoms with E-state index in [-0.39, 0.29) is 11.5 Å². The van der Waals surface area contributed by atoms with Crippen molar-refractivity contribution in [2.24, 2.45) is 0 Å². The molecule has 4 nitrogen and oxygen atoms in total. The molecule has 0 bridgehead atoms. The van der Waals surface area contributed by atoms with Gasteiger partial charge in [-0.05, 0) is 49.1 Å². The number of aryl methyl sites for hydroxylation is 1. The number of esters is 1. The SMILES string of the molecule is CC.CCOC(=O)C1=C(C)c2c(C(=O)O)ccc(C)c2C1. The molecule has 0 atom stereocenters. The molecule has 1 aromatic carbocycles. The molecule has 0 aliphatic heterocycles. The number of carboxylic acids is 1. The smallest absolute Gasteiger partial charge is 0.336 e. The number of hydrogen-bond acceptors (Lipinski definition) is 3. The molecule has 21 heavy (non-hydrogen) atoms. The minimum atomic E-state index is -0.972. The molecule has 1 N–H and O–H groups in total. The first kappa shape index (κ1) is 17.0. The van der Waals surface area contributed by atoms with Crippen LogP contribution in [-0.2, 0) is 16.0 Å². The lowest BCUT2D eigenvalue weighted by Gasteiger charge is -2.08. The largest absolute Gasteiger partial charge is 0.478 e. The lowest BCUT2D eigenvalue weighted by Crippen LogP contribution is -2.08. The predicted octanol–water partition coefficient (Wildman–Crippen LogP) is 3.61. The Morgan fingerprint density at radius 3 is 2.38 bits per heavy atom. The van der Waals surface area contributed by atoms with Gasteiger partial charge in [-0.25, -0.2) is 9.59 Å². The fourth-order valence-electron chi connectivity index (χ4n) is 2.49. The molecule has 1 aliphatic rings. The van der Waals surface area contributed by atoms with Crippen molar-refractivity contribution in [3.63, 3.8) is 0 Å². The van der Waals surface area contributed by atoms with Crippen LogP contribution in [0.3, 0.4) is 0 Å². The number of carbonyl (C=O) groups excluding carboxylic acids is 1. The van der Waals surface area contributed by atoms with Crippen LogP contribution in [0.25, 0.3) is 5.57 Å². The number of benzene rings is 1. The fourth-order valence-corrected chi connectivity index (χ4v) is 2.49. The monoisotopic (exact) mass is 290 g/mol. The van der Waals surface area contributed by atoms with Crippen molar-refractivity contribution in [2.75, 3.05) is 6.61 Å². The summed E-state index contributed by atoms with van der Waals surface area (Å²) in [6.45, 7) is 9.77. The van der Waals surface area contributed by atoms with E-state index in [4.69, 9.17) is 4.74 Å². The molecule has 2 rings (SSSR count). The van der Waals surface area contributed by atoms with E-state index in [2.05, 4.69) is 0 Å². The molecule has 0 radical (unpaired) electrons. The summed E-state index contributed by atoms with van der Waals surface area (Å²) in [5.41, 5.74) is 4.12. The summed E-state index contributed by atoms with van der Waals surface area (Å²) in [4.78, 5) is 23.2. The molecule has 1 aliphatic carbocycles. The highest BCUT2D eigenvalue weighted by molar-refractivity contribution is 6.05. The van der Waals surface area contributed by atoms with E-state index >= 15 is 0 Å². The third-order valence-electron chi connectivity index (χ3n) is 3.48. The van der Waals surface area contributed by atoms with E-state index in [1.807, 2.05) is 20.8 Å². The van der Waals surface area contributed by atoms with Gasteiger partial charge in [-0.15, -0.1) is 0 Å². The maximum absolute atomic E-state index is 11.9. The van der Waals surface area contributed by atoms with Crippen molar-refractivity contribution in [1.29, 1.82) is 0 Å². The number of ether oxygens (including phenoxy) is 1. The summed E-state index contributed by atoms with van der Waals surface area (Å²) in [6.07, 6.45) is 0.451. The molecule has 0 saturated carbocycles. The second-order valence-electron chi connectivity index (χ2n) is 4.59. The molecule has 0 saturated heterocycles. The lowest BCUT2D eigenvalue weighted by molar-refractivity contribution is -0.138. The second-order valence-corrected chi connectivity index (χ2v) is 4.59. The average molecular weight is 290 g/mol. The predicted molar refractivity (Wildman–Crippen MR) is 82.4 cm³/mol. The Labute approximate surface area is 125 Å². The van der Waals surface area contributed by atoms with Crippen molar-refractivity contribution in [1.82, 2.24) is 0 Å². The summed E-state index contributed by atoms with van der Waals surface area (Å²) in [6, 6.07) is 3.37. The van der Waals surface area contributed by atoms with Crippen LogP contribution in [0.1, 0.15) is 54.7 Å². The zero-order valence-corrected chi connectivity index (χ0v) is 13.2. The Balaban J connectivity index is 0.00000106. The van der Waals surface area contributed by atoms with Gasteiger partial charge in [0.1, 0.15) is 0 Å². The number of rotatable bonds is 3. The molecule has 0 amide bonds. The van der Waals surface area contributed by atoms with E-state index in [9.17, 15) is 14.7 Å². The zero-order chi connectivity index (χ0) is 16.2. The summed E-state index contributed by atoms with van der Waals surface area (Å²) in [7, 11) is 0. The Hall–Kier alpha value is -2.10. The van der Waals surface area contributed by atoms with E-state index in [1.54, 1.807) is 26.0 Å². The first-order valence-corrected chi connectivity index (χ1v) is 7.20. The van der Waals surface area contributed by atoms with Gasteiger partial charge < -0.3 is 9.84 Å². The summed E-state index contributed by atoms with van der Waals surface area (Å²) in [5, 5.41) is 9.25. The van der Waals surface area contributed by atoms with Crippen LogP contribution in [0, 0.1) is 6.92 Å². The Morgan fingerprint density at radius 1 is 1.24 bits per heavy atom. The standard InChI is InChI=1S/C15H16O4.C2H6/c1-4-19-15(18)12-7-11-8(2)5-6-10(14(16)17)13(11)9(12)3;1-2/h5-6H,4,7H2,1-3H3,(H,16,17);1-2H3. The molecule has 114 valence electrons. The number of fused-ring (bicyclic) bond motifs is 1. The maximum Gasteiger partial charge on any atom is 0.336 e. The normalized spacial score (nSPS) is 12.4. The topological polar surface area (TPSA) is 63.6 Å². The van der Waals surface area contributed by atoms with Crippen LogP contribution in [0.4, 0.5) is 0 Å². The number of aromatic carboxylic acids is 1. The number of carbonyl (C=O) groups is 2. The van der Waals surface area contributed by atoms with Gasteiger partial charge in [0.25, 0.3) is 0 Å². The first-order valence-electron chi connectivity index (χ1n) is 7.20. The highest BCUT2D eigenvalue weighted by Gasteiger charge is 2.29. The molecule has 0 unspecified atom stereocenters. The number of hydrogen-bond donors (Lipinski definition) is 1. The van der Waals surface area contributed by atoms with Gasteiger partial charge in [-0.2, -0.15) is 0 Å². The van der Waals surface area contributed by atoms with E-state index in [0.29, 0.717) is 24.2 Å². The Bertz CT molecular complexity index is 597. The molecule has 0 aromatic heterocycles. The Kier molecular flexibility index (Phi) is 5.70. The lowest BCUT2D eigenvalue weighted by atomic mass is 9.96. The van der Waals surface area contributed by atoms with Crippen molar-refractivity contribution in [3.05, 3.63) is 40.0 Å². The third-order valence-corrected chi connectivity index (χ3v) is 3.48.